The standard InChI is InChI=1S/C23H24N6O4/c1-16-9-10-20(33-16)22(23(31)25-12-13-32-2)29(17-6-5-11-24-14-17)21(30)15-28-19-8-4-3-7-18(19)26-27-28/h3-11,14,22H,12-13,15H2,1-2H3,(H,25,31)/t22-/m0/s1. The zero-order valence-electron chi connectivity index (χ0n) is 18.3. The SMILES string of the molecule is COCCNC(=O)[C@H](c1ccc(C)o1)N(C(=O)Cn1nnc2ccccc21)c1cccnc1. The summed E-state index contributed by atoms with van der Waals surface area (Å²) in [7, 11) is 1.55. The highest BCUT2D eigenvalue weighted by Gasteiger charge is 2.35. The number of carbonyl (C=O) groups excluding carboxylic acids is 2. The third-order valence-electron chi connectivity index (χ3n) is 5.04. The Kier molecular flexibility index (Phi) is 6.75. The minimum absolute atomic E-state index is 0.128. The zero-order valence-corrected chi connectivity index (χ0v) is 18.3. The molecule has 33 heavy (non-hydrogen) atoms. The predicted molar refractivity (Wildman–Crippen MR) is 120 cm³/mol. The number of furan rings is 1. The van der Waals surface area contributed by atoms with Crippen LogP contribution in [0.3, 0.4) is 0 Å². The van der Waals surface area contributed by atoms with Gasteiger partial charge in [-0.2, -0.15) is 0 Å². The molecule has 10 nitrogen and oxygen atoms in total. The third kappa shape index (κ3) is 4.90. The van der Waals surface area contributed by atoms with Crippen molar-refractivity contribution in [1.29, 1.82) is 0 Å². The molecule has 0 saturated carbocycles. The number of aryl methyl sites for hydroxylation is 1. The molecule has 2 amide bonds. The fourth-order valence-electron chi connectivity index (χ4n) is 3.52. The topological polar surface area (TPSA) is 115 Å². The second-order valence-electron chi connectivity index (χ2n) is 7.35. The molecule has 0 fully saturated rings. The van der Waals surface area contributed by atoms with E-state index in [-0.39, 0.29) is 19.0 Å². The third-order valence-corrected chi connectivity index (χ3v) is 5.04. The highest BCUT2D eigenvalue weighted by Crippen LogP contribution is 2.29. The van der Waals surface area contributed by atoms with Crippen LogP contribution in [0.1, 0.15) is 17.6 Å². The van der Waals surface area contributed by atoms with Crippen molar-refractivity contribution in [3.8, 4) is 0 Å². The van der Waals surface area contributed by atoms with Crippen LogP contribution >= 0.6 is 0 Å². The van der Waals surface area contributed by atoms with Gasteiger partial charge in [0.1, 0.15) is 23.6 Å². The molecular formula is C23H24N6O4. The lowest BCUT2D eigenvalue weighted by atomic mass is 10.1. The van der Waals surface area contributed by atoms with Crippen LogP contribution in [0.15, 0.2) is 65.3 Å². The summed E-state index contributed by atoms with van der Waals surface area (Å²) < 4.78 is 12.3. The first kappa shape index (κ1) is 22.2. The zero-order chi connectivity index (χ0) is 23.2. The summed E-state index contributed by atoms with van der Waals surface area (Å²) in [5, 5.41) is 11.0. The van der Waals surface area contributed by atoms with Gasteiger partial charge in [-0.15, -0.1) is 5.10 Å². The lowest BCUT2D eigenvalue weighted by molar-refractivity contribution is -0.127. The summed E-state index contributed by atoms with van der Waals surface area (Å²) in [6, 6.07) is 13.2. The predicted octanol–water partition coefficient (Wildman–Crippen LogP) is 2.26. The molecule has 3 heterocycles. The van der Waals surface area contributed by atoms with Crippen LogP contribution < -0.4 is 10.2 Å². The largest absolute Gasteiger partial charge is 0.464 e. The van der Waals surface area contributed by atoms with E-state index >= 15 is 0 Å². The molecule has 1 atom stereocenters. The Bertz CT molecular complexity index is 1240. The molecule has 0 aliphatic carbocycles. The Morgan fingerprint density at radius 2 is 2.03 bits per heavy atom. The molecule has 0 saturated heterocycles. The lowest BCUT2D eigenvalue weighted by Gasteiger charge is -2.29. The maximum Gasteiger partial charge on any atom is 0.251 e. The fourth-order valence-corrected chi connectivity index (χ4v) is 3.52. The number of anilines is 1. The van der Waals surface area contributed by atoms with Gasteiger partial charge in [0.15, 0.2) is 6.04 Å². The quantitative estimate of drug-likeness (QED) is 0.391. The molecule has 3 aromatic heterocycles. The number of pyridine rings is 1. The first-order valence-electron chi connectivity index (χ1n) is 10.4. The first-order valence-corrected chi connectivity index (χ1v) is 10.4. The summed E-state index contributed by atoms with van der Waals surface area (Å²) in [5.41, 5.74) is 1.84. The number of hydrogen-bond acceptors (Lipinski definition) is 7. The molecule has 0 unspecified atom stereocenters. The average Bonchev–Trinajstić information content (AvgIpc) is 3.44. The van der Waals surface area contributed by atoms with Gasteiger partial charge < -0.3 is 14.5 Å². The monoisotopic (exact) mass is 448 g/mol. The number of ether oxygens (including phenoxy) is 1. The van der Waals surface area contributed by atoms with Crippen LogP contribution in [0.25, 0.3) is 11.0 Å². The number of rotatable bonds is 9. The Balaban J connectivity index is 1.73. The summed E-state index contributed by atoms with van der Waals surface area (Å²) in [4.78, 5) is 32.5. The molecule has 0 aliphatic heterocycles. The van der Waals surface area contributed by atoms with E-state index < -0.39 is 11.9 Å². The molecule has 1 aromatic carbocycles. The van der Waals surface area contributed by atoms with Gasteiger partial charge in [-0.1, -0.05) is 17.3 Å². The fraction of sp³-hybridized carbons (Fsp3) is 0.261. The molecule has 1 N–H and O–H groups in total. The van der Waals surface area contributed by atoms with Crippen molar-refractivity contribution in [2.24, 2.45) is 0 Å². The van der Waals surface area contributed by atoms with Crippen molar-refractivity contribution in [2.75, 3.05) is 25.2 Å². The molecule has 0 bridgehead atoms. The van der Waals surface area contributed by atoms with E-state index in [0.29, 0.717) is 34.8 Å². The van der Waals surface area contributed by atoms with E-state index in [1.165, 1.54) is 15.8 Å². The maximum absolute atomic E-state index is 13.7. The maximum atomic E-state index is 13.7. The van der Waals surface area contributed by atoms with Crippen molar-refractivity contribution in [3.63, 3.8) is 0 Å². The number of carbonyl (C=O) groups is 2. The summed E-state index contributed by atoms with van der Waals surface area (Å²) in [6.07, 6.45) is 3.13. The van der Waals surface area contributed by atoms with Crippen molar-refractivity contribution >= 4 is 28.5 Å². The number of hydrogen-bond donors (Lipinski definition) is 1. The number of para-hydroxylation sites is 1. The second kappa shape index (κ2) is 10.0. The summed E-state index contributed by atoms with van der Waals surface area (Å²) >= 11 is 0. The summed E-state index contributed by atoms with van der Waals surface area (Å²) in [6.45, 7) is 2.27. The van der Waals surface area contributed by atoms with E-state index in [1.807, 2.05) is 24.3 Å². The first-order chi connectivity index (χ1) is 16.1. The van der Waals surface area contributed by atoms with Crippen LogP contribution in [-0.4, -0.2) is 52.1 Å². The smallest absolute Gasteiger partial charge is 0.251 e. The van der Waals surface area contributed by atoms with Gasteiger partial charge in [-0.05, 0) is 43.3 Å². The second-order valence-corrected chi connectivity index (χ2v) is 7.35. The van der Waals surface area contributed by atoms with Crippen LogP contribution in [0.2, 0.25) is 0 Å². The molecule has 4 rings (SSSR count). The van der Waals surface area contributed by atoms with Crippen molar-refractivity contribution < 1.29 is 18.7 Å². The molecular weight excluding hydrogens is 424 g/mol. The van der Waals surface area contributed by atoms with Crippen molar-refractivity contribution in [1.82, 2.24) is 25.3 Å². The number of nitrogens with zero attached hydrogens (tertiary/aromatic N) is 5. The Morgan fingerprint density at radius 3 is 2.76 bits per heavy atom. The lowest BCUT2D eigenvalue weighted by Crippen LogP contribution is -2.45. The van der Waals surface area contributed by atoms with E-state index in [0.717, 1.165) is 0 Å². The van der Waals surface area contributed by atoms with Gasteiger partial charge in [-0.25, -0.2) is 4.68 Å². The van der Waals surface area contributed by atoms with E-state index in [4.69, 9.17) is 9.15 Å². The van der Waals surface area contributed by atoms with Gasteiger partial charge in [0.25, 0.3) is 5.91 Å². The van der Waals surface area contributed by atoms with Gasteiger partial charge in [0.05, 0.1) is 24.0 Å². The number of fused-ring (bicyclic) bond motifs is 1. The minimum atomic E-state index is -1.05. The Hall–Kier alpha value is -4.05. The van der Waals surface area contributed by atoms with Crippen LogP contribution in [-0.2, 0) is 20.9 Å². The highest BCUT2D eigenvalue weighted by molar-refractivity contribution is 6.01. The average molecular weight is 448 g/mol. The molecule has 10 heteroatoms. The van der Waals surface area contributed by atoms with Crippen LogP contribution in [0.4, 0.5) is 5.69 Å². The van der Waals surface area contributed by atoms with Crippen molar-refractivity contribution in [2.45, 2.75) is 19.5 Å². The van der Waals surface area contributed by atoms with E-state index in [9.17, 15) is 9.59 Å². The number of amides is 2. The van der Waals surface area contributed by atoms with Gasteiger partial charge >= 0.3 is 0 Å². The molecule has 170 valence electrons. The van der Waals surface area contributed by atoms with Crippen LogP contribution in [0, 0.1) is 6.92 Å². The Labute approximate surface area is 190 Å². The van der Waals surface area contributed by atoms with Gasteiger partial charge in [0.2, 0.25) is 5.91 Å². The molecule has 0 aliphatic rings. The normalized spacial score (nSPS) is 11.9. The van der Waals surface area contributed by atoms with Crippen molar-refractivity contribution in [3.05, 3.63) is 72.4 Å². The van der Waals surface area contributed by atoms with Gasteiger partial charge in [0, 0.05) is 19.9 Å². The molecule has 4 aromatic rings. The number of aromatic nitrogens is 4. The number of methoxy groups -OCH3 is 1. The highest BCUT2D eigenvalue weighted by atomic mass is 16.5. The van der Waals surface area contributed by atoms with E-state index in [1.54, 1.807) is 44.5 Å². The van der Waals surface area contributed by atoms with E-state index in [2.05, 4.69) is 20.6 Å². The summed E-state index contributed by atoms with van der Waals surface area (Å²) in [5.74, 6) is 0.185. The molecule has 0 spiro atoms. The number of nitrogens with one attached hydrogen (secondary N) is 1. The Morgan fingerprint density at radius 1 is 1.18 bits per heavy atom. The molecule has 0 radical (unpaired) electrons. The minimum Gasteiger partial charge on any atom is -0.464 e. The number of benzene rings is 1. The van der Waals surface area contributed by atoms with Crippen LogP contribution in [0.5, 0.6) is 0 Å². The van der Waals surface area contributed by atoms with Gasteiger partial charge in [-0.3, -0.25) is 19.5 Å².